The Kier molecular flexibility index (Phi) is 12.3. The normalized spacial score (nSPS) is 13.5. The molecule has 1 aliphatic rings. The van der Waals surface area contributed by atoms with E-state index in [9.17, 15) is 0 Å². The van der Waals surface area contributed by atoms with Crippen LogP contribution in [0.5, 0.6) is 0 Å². The van der Waals surface area contributed by atoms with Crippen LogP contribution < -0.4 is 9.80 Å². The molecule has 184 valence electrons. The van der Waals surface area contributed by atoms with Gasteiger partial charge in [-0.1, -0.05) is 91.8 Å². The maximum atomic E-state index is 2.51. The Bertz CT molecular complexity index is 717. The average molecular weight is 617 g/mol. The van der Waals surface area contributed by atoms with Crippen LogP contribution in [0.25, 0.3) is 0 Å². The maximum absolute atomic E-state index is 2.51. The molecule has 2 aromatic carbocycles. The fraction of sp³-hybridized carbons (Fsp3) is 0.483. The summed E-state index contributed by atoms with van der Waals surface area (Å²) in [6.45, 7) is 22.9. The molecule has 0 N–H and O–H groups in total. The summed E-state index contributed by atoms with van der Waals surface area (Å²) in [6.07, 6.45) is 0. The molecule has 0 amide bonds. The molecule has 0 radical (unpaired) electrons. The van der Waals surface area contributed by atoms with Crippen LogP contribution in [0.4, 0.5) is 11.4 Å². The van der Waals surface area contributed by atoms with Crippen molar-refractivity contribution in [3.8, 4) is 0 Å². The van der Waals surface area contributed by atoms with E-state index in [1.165, 1.54) is 33.6 Å². The van der Waals surface area contributed by atoms with Gasteiger partial charge in [0.2, 0.25) is 0 Å². The number of benzene rings is 2. The first-order chi connectivity index (χ1) is 13.7. The van der Waals surface area contributed by atoms with Crippen LogP contribution in [0, 0.1) is 21.5 Å². The standard InChI is InChI=1S/C27H39N2.2CH3.Pt/c1-18(2)22-11-9-12-23(19(3)4)26(22)28-15-16-29(17-28)27-24(20(5)6)13-10-14-25(27)21(7)8;;;/h9-14,17-21H,15-16H2,1-8H3;2*1H3;/q3*-1;. The summed E-state index contributed by atoms with van der Waals surface area (Å²) in [5.74, 6) is 2.06. The van der Waals surface area contributed by atoms with Crippen molar-refractivity contribution in [2.24, 2.45) is 0 Å². The van der Waals surface area contributed by atoms with Crippen molar-refractivity contribution >= 4 is 11.4 Å². The van der Waals surface area contributed by atoms with Crippen molar-refractivity contribution in [1.82, 2.24) is 0 Å². The van der Waals surface area contributed by atoms with E-state index in [0.29, 0.717) is 23.7 Å². The predicted molar refractivity (Wildman–Crippen MR) is 141 cm³/mol. The van der Waals surface area contributed by atoms with Gasteiger partial charge in [-0.3, -0.25) is 0 Å². The molecule has 0 atom stereocenters. The molecule has 1 fully saturated rings. The second kappa shape index (κ2) is 12.8. The number of anilines is 2. The Labute approximate surface area is 214 Å². The summed E-state index contributed by atoms with van der Waals surface area (Å²) in [5, 5.41) is 0. The van der Waals surface area contributed by atoms with Gasteiger partial charge < -0.3 is 24.7 Å². The second-order valence-electron chi connectivity index (χ2n) is 9.69. The monoisotopic (exact) mass is 616 g/mol. The molecule has 1 saturated heterocycles. The second-order valence-corrected chi connectivity index (χ2v) is 9.69. The van der Waals surface area contributed by atoms with Crippen LogP contribution in [0.15, 0.2) is 36.4 Å². The van der Waals surface area contributed by atoms with Gasteiger partial charge in [0, 0.05) is 45.5 Å². The molecule has 0 unspecified atom stereocenters. The largest absolute Gasteiger partial charge is 0.502 e. The molecule has 1 heterocycles. The van der Waals surface area contributed by atoms with Crippen molar-refractivity contribution < 1.29 is 21.1 Å². The predicted octanol–water partition coefficient (Wildman–Crippen LogP) is 8.52. The number of para-hydroxylation sites is 2. The Morgan fingerprint density at radius 1 is 0.562 bits per heavy atom. The molecule has 0 spiro atoms. The van der Waals surface area contributed by atoms with E-state index >= 15 is 0 Å². The third kappa shape index (κ3) is 6.19. The molecule has 0 saturated carbocycles. The summed E-state index contributed by atoms with van der Waals surface area (Å²) in [5.41, 5.74) is 8.67. The van der Waals surface area contributed by atoms with Crippen LogP contribution in [-0.2, 0) is 21.1 Å². The zero-order chi connectivity index (χ0) is 21.3. The number of hydrogen-bond acceptors (Lipinski definition) is 2. The quantitative estimate of drug-likeness (QED) is 0.300. The van der Waals surface area contributed by atoms with Crippen LogP contribution in [0.1, 0.15) is 101 Å². The minimum absolute atomic E-state index is 0. The first-order valence-electron chi connectivity index (χ1n) is 11.4. The minimum atomic E-state index is 0. The summed E-state index contributed by atoms with van der Waals surface area (Å²) in [6, 6.07) is 13.7. The van der Waals surface area contributed by atoms with Gasteiger partial charge >= 0.3 is 0 Å². The van der Waals surface area contributed by atoms with Crippen molar-refractivity contribution in [3.63, 3.8) is 0 Å². The van der Waals surface area contributed by atoms with E-state index < -0.39 is 0 Å². The molecule has 1 aliphatic heterocycles. The van der Waals surface area contributed by atoms with Gasteiger partial charge in [0.15, 0.2) is 0 Å². The van der Waals surface area contributed by atoms with Gasteiger partial charge in [-0.05, 0) is 45.9 Å². The third-order valence-electron chi connectivity index (χ3n) is 6.12. The zero-order valence-corrected chi connectivity index (χ0v) is 24.2. The summed E-state index contributed by atoms with van der Waals surface area (Å²) < 4.78 is 0. The van der Waals surface area contributed by atoms with Gasteiger partial charge in [0.05, 0.1) is 0 Å². The smallest absolute Gasteiger partial charge is 0.0156 e. The van der Waals surface area contributed by atoms with Gasteiger partial charge in [-0.25, -0.2) is 0 Å². The van der Waals surface area contributed by atoms with Crippen LogP contribution in [0.2, 0.25) is 0 Å². The molecule has 32 heavy (non-hydrogen) atoms. The molecular formula is C29H45N2Pt-3. The molecule has 2 aromatic rings. The number of rotatable bonds is 6. The van der Waals surface area contributed by atoms with Gasteiger partial charge in [-0.2, -0.15) is 6.67 Å². The molecule has 0 bridgehead atoms. The molecule has 0 aliphatic carbocycles. The molecule has 0 aromatic heterocycles. The van der Waals surface area contributed by atoms with E-state index in [4.69, 9.17) is 0 Å². The van der Waals surface area contributed by atoms with Crippen LogP contribution >= 0.6 is 0 Å². The third-order valence-corrected chi connectivity index (χ3v) is 6.12. The number of hydrogen-bond donors (Lipinski definition) is 0. The van der Waals surface area contributed by atoms with E-state index in [-0.39, 0.29) is 35.9 Å². The molecule has 3 heteroatoms. The zero-order valence-electron chi connectivity index (χ0n) is 22.0. The summed E-state index contributed by atoms with van der Waals surface area (Å²) >= 11 is 0. The first kappa shape index (κ1) is 30.7. The molecule has 3 rings (SSSR count). The Morgan fingerprint density at radius 3 is 1.03 bits per heavy atom. The Morgan fingerprint density at radius 2 is 0.812 bits per heavy atom. The van der Waals surface area contributed by atoms with E-state index in [1.807, 2.05) is 0 Å². The molecule has 2 nitrogen and oxygen atoms in total. The fourth-order valence-electron chi connectivity index (χ4n) is 4.53. The average Bonchev–Trinajstić information content (AvgIpc) is 3.15. The fourth-order valence-corrected chi connectivity index (χ4v) is 4.53. The summed E-state index contributed by atoms with van der Waals surface area (Å²) in [7, 11) is 0. The SMILES string of the molecule is CC(C)c1cccc(C(C)C)c1N1[CH-]N(c2c(C(C)C)cccc2C(C)C)CC1.[CH3-].[CH3-].[Pt]. The van der Waals surface area contributed by atoms with Crippen molar-refractivity contribution in [1.29, 1.82) is 0 Å². The van der Waals surface area contributed by atoms with E-state index in [2.05, 4.69) is 108 Å². The van der Waals surface area contributed by atoms with Crippen molar-refractivity contribution in [3.05, 3.63) is 80.2 Å². The minimum Gasteiger partial charge on any atom is -0.502 e. The number of nitrogens with zero attached hydrogens (tertiary/aromatic N) is 2. The molecular weight excluding hydrogens is 571 g/mol. The topological polar surface area (TPSA) is 6.48 Å². The maximum Gasteiger partial charge on any atom is 0.0156 e. The van der Waals surface area contributed by atoms with Gasteiger partial charge in [0.25, 0.3) is 0 Å². The summed E-state index contributed by atoms with van der Waals surface area (Å²) in [4.78, 5) is 5.01. The van der Waals surface area contributed by atoms with Gasteiger partial charge in [0.1, 0.15) is 0 Å². The van der Waals surface area contributed by atoms with Crippen LogP contribution in [0.3, 0.4) is 0 Å². The van der Waals surface area contributed by atoms with Crippen molar-refractivity contribution in [2.45, 2.75) is 79.1 Å². The van der Waals surface area contributed by atoms with Crippen molar-refractivity contribution in [2.75, 3.05) is 22.9 Å². The van der Waals surface area contributed by atoms with E-state index in [0.717, 1.165) is 13.1 Å². The van der Waals surface area contributed by atoms with E-state index in [1.54, 1.807) is 0 Å². The first-order valence-corrected chi connectivity index (χ1v) is 11.4. The Balaban J connectivity index is 0.00000320. The van der Waals surface area contributed by atoms with Gasteiger partial charge in [-0.15, -0.1) is 0 Å². The Hall–Kier alpha value is -1.27. The van der Waals surface area contributed by atoms with Crippen LogP contribution in [-0.4, -0.2) is 13.1 Å².